The van der Waals surface area contributed by atoms with Crippen LogP contribution in [0.4, 0.5) is 17.2 Å². The van der Waals surface area contributed by atoms with Gasteiger partial charge in [-0.15, -0.1) is 10.2 Å². The highest BCUT2D eigenvalue weighted by Gasteiger charge is 2.41. The first-order chi connectivity index (χ1) is 23.1. The molecule has 1 aliphatic carbocycles. The fourth-order valence-corrected chi connectivity index (χ4v) is 6.65. The molecule has 12 heteroatoms. The first-order valence-corrected chi connectivity index (χ1v) is 16.0. The first kappa shape index (κ1) is 30.7. The van der Waals surface area contributed by atoms with Gasteiger partial charge in [-0.1, -0.05) is 18.2 Å². The van der Waals surface area contributed by atoms with E-state index in [4.69, 9.17) is 29.8 Å². The minimum absolute atomic E-state index is 0.0109. The number of benzene rings is 1. The van der Waals surface area contributed by atoms with Gasteiger partial charge in [-0.3, -0.25) is 4.98 Å². The lowest BCUT2D eigenvalue weighted by Gasteiger charge is -2.43. The predicted octanol–water partition coefficient (Wildman–Crippen LogP) is 4.35. The number of hydrogen-bond acceptors (Lipinski definition) is 12. The number of rotatable bonds is 12. The van der Waals surface area contributed by atoms with Crippen molar-refractivity contribution >= 4 is 23.3 Å². The van der Waals surface area contributed by atoms with E-state index >= 15 is 0 Å². The van der Waals surface area contributed by atoms with Crippen LogP contribution >= 0.6 is 0 Å². The second-order valence-electron chi connectivity index (χ2n) is 12.1. The summed E-state index contributed by atoms with van der Waals surface area (Å²) in [5.41, 5.74) is 10.7. The van der Waals surface area contributed by atoms with E-state index in [2.05, 4.69) is 42.1 Å². The van der Waals surface area contributed by atoms with E-state index in [-0.39, 0.29) is 25.6 Å². The van der Waals surface area contributed by atoms with Crippen molar-refractivity contribution in [3.05, 3.63) is 78.8 Å². The molecule has 7 rings (SSSR count). The Morgan fingerprint density at radius 2 is 1.77 bits per heavy atom. The van der Waals surface area contributed by atoms with E-state index < -0.39 is 0 Å². The molecule has 1 unspecified atom stereocenters. The molecule has 1 saturated carbocycles. The Kier molecular flexibility index (Phi) is 9.02. The Balaban J connectivity index is 0.978. The number of aliphatic hydroxyl groups is 1. The zero-order chi connectivity index (χ0) is 32.2. The van der Waals surface area contributed by atoms with Gasteiger partial charge in [-0.25, -0.2) is 4.98 Å². The van der Waals surface area contributed by atoms with E-state index in [0.717, 1.165) is 67.2 Å². The quantitative estimate of drug-likeness (QED) is 0.213. The molecule has 2 atom stereocenters. The van der Waals surface area contributed by atoms with Crippen molar-refractivity contribution in [3.63, 3.8) is 0 Å². The number of fused-ring (bicyclic) bond motifs is 2. The van der Waals surface area contributed by atoms with E-state index in [1.54, 1.807) is 25.5 Å². The van der Waals surface area contributed by atoms with E-state index in [9.17, 15) is 0 Å². The summed E-state index contributed by atoms with van der Waals surface area (Å²) < 4.78 is 23.2. The molecule has 3 aliphatic rings. The van der Waals surface area contributed by atoms with Crippen LogP contribution in [0, 0.1) is 0 Å². The first-order valence-electron chi connectivity index (χ1n) is 16.0. The number of aliphatic hydroxyl groups excluding tert-OH is 1. The summed E-state index contributed by atoms with van der Waals surface area (Å²) in [6, 6.07) is 18.3. The molecule has 1 aromatic carbocycles. The number of piperazine rings is 1. The molecular formula is C35H39N7O5. The number of nitrogens with two attached hydrogens (primary N) is 1. The minimum Gasteiger partial charge on any atom is -0.489 e. The molecule has 2 bridgehead atoms. The molecule has 3 fully saturated rings. The highest BCUT2D eigenvalue weighted by molar-refractivity contribution is 5.75. The summed E-state index contributed by atoms with van der Waals surface area (Å²) in [6.07, 6.45) is 10.9. The van der Waals surface area contributed by atoms with Crippen LogP contribution < -0.4 is 29.7 Å². The third-order valence-electron chi connectivity index (χ3n) is 8.93. The number of pyridine rings is 2. The Hall–Kier alpha value is -4.94. The van der Waals surface area contributed by atoms with Crippen molar-refractivity contribution in [1.29, 1.82) is 0 Å². The average Bonchev–Trinajstić information content (AvgIpc) is 3.35. The zero-order valence-corrected chi connectivity index (χ0v) is 26.3. The molecule has 3 N–H and O–H groups in total. The Bertz CT molecular complexity index is 1680. The standard InChI is InChI=1S/C35H39N7O5/c1-44-22-45-33-7-3-2-6-30(33)31-18-32(35(36)40-39-31)41-20-25-9-10-26(21-41)42(25)24-12-13-37-34(15-24)47-29-16-28(17-29)46-27-11-8-23(38-19-27)5-4-14-43/h2-8,11-13,15,18-19,25-26,28-29,43H,9-10,14,16-17,20-22H2,1H3,(H2,36,40)/t25-,26?,28?,29?/m1/s1. The maximum Gasteiger partial charge on any atom is 0.215 e. The van der Waals surface area contributed by atoms with Crippen molar-refractivity contribution in [3.8, 4) is 28.6 Å². The number of aromatic nitrogens is 4. The fourth-order valence-electron chi connectivity index (χ4n) is 6.65. The smallest absolute Gasteiger partial charge is 0.215 e. The number of anilines is 3. The van der Waals surface area contributed by atoms with Crippen LogP contribution in [0.15, 0.2) is 73.1 Å². The molecule has 2 saturated heterocycles. The van der Waals surface area contributed by atoms with Gasteiger partial charge < -0.3 is 39.6 Å². The average molecular weight is 638 g/mol. The summed E-state index contributed by atoms with van der Waals surface area (Å²) in [5.74, 6) is 2.46. The van der Waals surface area contributed by atoms with Crippen LogP contribution in [0.1, 0.15) is 31.4 Å². The highest BCUT2D eigenvalue weighted by atomic mass is 16.7. The topological polar surface area (TPSA) is 141 Å². The van der Waals surface area contributed by atoms with E-state index in [1.807, 2.05) is 48.7 Å². The normalized spacial score (nSPS) is 21.9. The molecule has 0 radical (unpaired) electrons. The summed E-state index contributed by atoms with van der Waals surface area (Å²) >= 11 is 0. The van der Waals surface area contributed by atoms with Gasteiger partial charge in [0.1, 0.15) is 23.7 Å². The van der Waals surface area contributed by atoms with Gasteiger partial charge in [0.05, 0.1) is 29.9 Å². The highest BCUT2D eigenvalue weighted by Crippen LogP contribution is 2.40. The second-order valence-corrected chi connectivity index (χ2v) is 12.1. The van der Waals surface area contributed by atoms with Crippen molar-refractivity contribution < 1.29 is 24.1 Å². The van der Waals surface area contributed by atoms with Gasteiger partial charge >= 0.3 is 0 Å². The fraction of sp³-hybridized carbons (Fsp3) is 0.371. The van der Waals surface area contributed by atoms with Crippen molar-refractivity contribution in [2.75, 3.05) is 49.1 Å². The molecule has 244 valence electrons. The van der Waals surface area contributed by atoms with Crippen molar-refractivity contribution in [2.45, 2.75) is 50.0 Å². The SMILES string of the molecule is COCOc1ccccc1-c1cc(N2CC3CC[C@H](C2)N3c2ccnc(OC3CC(Oc4ccc(C=CCO)nc4)C3)c2)c(N)nn1. The monoisotopic (exact) mass is 637 g/mol. The Morgan fingerprint density at radius 3 is 2.53 bits per heavy atom. The molecule has 12 nitrogen and oxygen atoms in total. The largest absolute Gasteiger partial charge is 0.489 e. The Morgan fingerprint density at radius 1 is 0.957 bits per heavy atom. The van der Waals surface area contributed by atoms with Gasteiger partial charge in [0.2, 0.25) is 5.88 Å². The summed E-state index contributed by atoms with van der Waals surface area (Å²) in [5, 5.41) is 17.7. The van der Waals surface area contributed by atoms with Crippen molar-refractivity contribution in [1.82, 2.24) is 20.2 Å². The number of ether oxygens (including phenoxy) is 4. The van der Waals surface area contributed by atoms with Gasteiger partial charge in [-0.05, 0) is 55.3 Å². The number of hydrogen-bond donors (Lipinski definition) is 2. The molecule has 3 aromatic heterocycles. The van der Waals surface area contributed by atoms with E-state index in [0.29, 0.717) is 35.2 Å². The molecule has 4 aromatic rings. The summed E-state index contributed by atoms with van der Waals surface area (Å²) in [4.78, 5) is 13.7. The van der Waals surface area contributed by atoms with E-state index in [1.165, 1.54) is 0 Å². The minimum atomic E-state index is -0.0109. The van der Waals surface area contributed by atoms with Gasteiger partial charge in [0, 0.05) is 68.6 Å². The third-order valence-corrected chi connectivity index (χ3v) is 8.93. The number of methoxy groups -OCH3 is 1. The maximum absolute atomic E-state index is 8.93. The number of para-hydroxylation sites is 1. The van der Waals surface area contributed by atoms with Crippen LogP contribution in [0.5, 0.6) is 17.4 Å². The maximum atomic E-state index is 8.93. The molecule has 47 heavy (non-hydrogen) atoms. The van der Waals surface area contributed by atoms with Crippen LogP contribution in [-0.4, -0.2) is 83.2 Å². The van der Waals surface area contributed by atoms with Crippen LogP contribution in [0.25, 0.3) is 17.3 Å². The Labute approximate surface area is 273 Å². The lowest BCUT2D eigenvalue weighted by Crippen LogP contribution is -2.54. The number of nitrogen functional groups attached to an aromatic ring is 1. The van der Waals surface area contributed by atoms with Crippen LogP contribution in [0.3, 0.4) is 0 Å². The van der Waals surface area contributed by atoms with Gasteiger partial charge in [0.15, 0.2) is 12.6 Å². The predicted molar refractivity (Wildman–Crippen MR) is 179 cm³/mol. The molecule has 5 heterocycles. The molecule has 0 amide bonds. The summed E-state index contributed by atoms with van der Waals surface area (Å²) in [7, 11) is 1.60. The van der Waals surface area contributed by atoms with Gasteiger partial charge in [0.25, 0.3) is 0 Å². The molecular weight excluding hydrogens is 598 g/mol. The summed E-state index contributed by atoms with van der Waals surface area (Å²) in [6.45, 7) is 1.78. The van der Waals surface area contributed by atoms with Crippen molar-refractivity contribution in [2.24, 2.45) is 0 Å². The zero-order valence-electron chi connectivity index (χ0n) is 26.3. The number of nitrogens with zero attached hydrogens (tertiary/aromatic N) is 6. The van der Waals surface area contributed by atoms with Gasteiger partial charge in [-0.2, -0.15) is 0 Å². The molecule has 0 spiro atoms. The lowest BCUT2D eigenvalue weighted by molar-refractivity contribution is 0.00210. The molecule has 2 aliphatic heterocycles. The lowest BCUT2D eigenvalue weighted by atomic mass is 9.92. The third kappa shape index (κ3) is 6.79. The second kappa shape index (κ2) is 13.8. The van der Waals surface area contributed by atoms with Crippen LogP contribution in [0.2, 0.25) is 0 Å². The van der Waals surface area contributed by atoms with Crippen LogP contribution in [-0.2, 0) is 4.74 Å².